The molecule has 1 saturated heterocycles. The number of oxime groups is 1. The van der Waals surface area contributed by atoms with Gasteiger partial charge < -0.3 is 14.7 Å². The third-order valence-electron chi connectivity index (χ3n) is 4.20. The van der Waals surface area contributed by atoms with E-state index in [0.717, 1.165) is 11.3 Å². The molecule has 3 heterocycles. The molecule has 1 fully saturated rings. The molecule has 1 N–H and O–H groups in total. The zero-order valence-corrected chi connectivity index (χ0v) is 9.46. The van der Waals surface area contributed by atoms with Gasteiger partial charge in [0.15, 0.2) is 11.7 Å². The van der Waals surface area contributed by atoms with Gasteiger partial charge in [0.2, 0.25) is 0 Å². The van der Waals surface area contributed by atoms with Crippen LogP contribution in [-0.2, 0) is 15.2 Å². The summed E-state index contributed by atoms with van der Waals surface area (Å²) in [7, 11) is 0. The average molecular weight is 231 g/mol. The van der Waals surface area contributed by atoms with E-state index in [0.29, 0.717) is 0 Å². The zero-order valence-electron chi connectivity index (χ0n) is 9.46. The number of aliphatic hydroxyl groups excluding tert-OH is 1. The Hall–Kier alpha value is -1.39. The highest BCUT2D eigenvalue weighted by molar-refractivity contribution is 5.87. The van der Waals surface area contributed by atoms with Crippen LogP contribution in [0.3, 0.4) is 0 Å². The molecule has 0 aliphatic carbocycles. The Bertz CT molecular complexity index is 527. The van der Waals surface area contributed by atoms with Crippen molar-refractivity contribution in [1.82, 2.24) is 0 Å². The fraction of sp³-hybridized carbons (Fsp3) is 0.462. The van der Waals surface area contributed by atoms with Crippen LogP contribution in [0.1, 0.15) is 24.2 Å². The molecule has 0 aromatic heterocycles. The minimum absolute atomic E-state index is 0.0189. The fourth-order valence-electron chi connectivity index (χ4n) is 3.42. The van der Waals surface area contributed by atoms with Crippen molar-refractivity contribution >= 4 is 5.71 Å². The SMILES string of the molecule is CC1=NO[C@@H]2[C@H]1[C@@H]1O[C@@]2(CO)c2ccccc21. The van der Waals surface area contributed by atoms with Crippen LogP contribution in [0.2, 0.25) is 0 Å². The molecule has 4 rings (SSSR count). The van der Waals surface area contributed by atoms with Gasteiger partial charge in [0.25, 0.3) is 0 Å². The van der Waals surface area contributed by atoms with Crippen molar-refractivity contribution in [2.45, 2.75) is 24.7 Å². The number of nitrogens with zero attached hydrogens (tertiary/aromatic N) is 1. The summed E-state index contributed by atoms with van der Waals surface area (Å²) in [6.07, 6.45) is -0.193. The molecule has 17 heavy (non-hydrogen) atoms. The number of fused-ring (bicyclic) bond motifs is 8. The molecule has 0 amide bonds. The molecule has 0 saturated carbocycles. The van der Waals surface area contributed by atoms with Gasteiger partial charge in [-0.2, -0.15) is 0 Å². The van der Waals surface area contributed by atoms with Gasteiger partial charge in [0.05, 0.1) is 24.3 Å². The van der Waals surface area contributed by atoms with Gasteiger partial charge in [-0.3, -0.25) is 0 Å². The van der Waals surface area contributed by atoms with Crippen molar-refractivity contribution < 1.29 is 14.7 Å². The van der Waals surface area contributed by atoms with Crippen LogP contribution in [0, 0.1) is 5.92 Å². The van der Waals surface area contributed by atoms with E-state index in [-0.39, 0.29) is 24.7 Å². The van der Waals surface area contributed by atoms with Crippen LogP contribution >= 0.6 is 0 Å². The summed E-state index contributed by atoms with van der Waals surface area (Å²) >= 11 is 0. The van der Waals surface area contributed by atoms with Crippen LogP contribution in [0.4, 0.5) is 0 Å². The lowest BCUT2D eigenvalue weighted by Gasteiger charge is -2.30. The summed E-state index contributed by atoms with van der Waals surface area (Å²) in [5.41, 5.74) is 2.47. The van der Waals surface area contributed by atoms with E-state index in [2.05, 4.69) is 11.2 Å². The molecule has 0 unspecified atom stereocenters. The van der Waals surface area contributed by atoms with Crippen molar-refractivity contribution in [3.05, 3.63) is 35.4 Å². The predicted molar refractivity (Wildman–Crippen MR) is 60.5 cm³/mol. The largest absolute Gasteiger partial charge is 0.393 e. The molecule has 1 aromatic carbocycles. The van der Waals surface area contributed by atoms with E-state index in [1.54, 1.807) is 0 Å². The molecule has 0 spiro atoms. The second-order valence-corrected chi connectivity index (χ2v) is 4.96. The van der Waals surface area contributed by atoms with Crippen molar-refractivity contribution in [3.8, 4) is 0 Å². The minimum Gasteiger partial charge on any atom is -0.393 e. The molecule has 1 aromatic rings. The Kier molecular flexibility index (Phi) is 1.63. The molecule has 4 nitrogen and oxygen atoms in total. The summed E-state index contributed by atoms with van der Waals surface area (Å²) in [6, 6.07) is 8.06. The predicted octanol–water partition coefficient (Wildman–Crippen LogP) is 1.35. The van der Waals surface area contributed by atoms with Gasteiger partial charge in [-0.25, -0.2) is 0 Å². The number of ether oxygens (including phenoxy) is 1. The molecule has 88 valence electrons. The smallest absolute Gasteiger partial charge is 0.173 e. The summed E-state index contributed by atoms with van der Waals surface area (Å²) in [5, 5.41) is 13.8. The fourth-order valence-corrected chi connectivity index (χ4v) is 3.42. The molecule has 4 heteroatoms. The van der Waals surface area contributed by atoms with Crippen molar-refractivity contribution in [3.63, 3.8) is 0 Å². The highest BCUT2D eigenvalue weighted by Crippen LogP contribution is 2.60. The van der Waals surface area contributed by atoms with Gasteiger partial charge >= 0.3 is 0 Å². The van der Waals surface area contributed by atoms with Crippen LogP contribution in [0.5, 0.6) is 0 Å². The Morgan fingerprint density at radius 1 is 1.41 bits per heavy atom. The first-order chi connectivity index (χ1) is 8.28. The second-order valence-electron chi connectivity index (χ2n) is 4.96. The van der Waals surface area contributed by atoms with Gasteiger partial charge in [0.1, 0.15) is 0 Å². The van der Waals surface area contributed by atoms with Crippen LogP contribution in [0.25, 0.3) is 0 Å². The Labute approximate surface area is 98.8 Å². The lowest BCUT2D eigenvalue weighted by molar-refractivity contribution is -0.118. The van der Waals surface area contributed by atoms with E-state index >= 15 is 0 Å². The van der Waals surface area contributed by atoms with Crippen LogP contribution in [0.15, 0.2) is 29.4 Å². The third-order valence-corrected chi connectivity index (χ3v) is 4.20. The Balaban J connectivity index is 1.95. The summed E-state index contributed by atoms with van der Waals surface area (Å²) in [4.78, 5) is 5.48. The molecular formula is C13H13NO3. The van der Waals surface area contributed by atoms with Gasteiger partial charge in [-0.1, -0.05) is 29.4 Å². The van der Waals surface area contributed by atoms with Gasteiger partial charge in [0, 0.05) is 0 Å². The van der Waals surface area contributed by atoms with E-state index in [4.69, 9.17) is 9.57 Å². The van der Waals surface area contributed by atoms with E-state index in [9.17, 15) is 5.11 Å². The monoisotopic (exact) mass is 231 g/mol. The Morgan fingerprint density at radius 2 is 2.24 bits per heavy atom. The quantitative estimate of drug-likeness (QED) is 0.793. The minimum atomic E-state index is -0.715. The molecule has 3 aliphatic heterocycles. The number of hydrogen-bond donors (Lipinski definition) is 1. The molecule has 4 atom stereocenters. The lowest BCUT2D eigenvalue weighted by atomic mass is 9.73. The maximum absolute atomic E-state index is 9.77. The molecule has 3 aliphatic rings. The highest BCUT2D eigenvalue weighted by Gasteiger charge is 2.66. The number of rotatable bonds is 1. The standard InChI is InChI=1S/C13H13NO3/c1-7-10-11-8-4-2-3-5-9(8)13(6-15,16-11)12(10)17-14-7/h2-5,10-12,15H,6H2,1H3/t10-,11-,12-,13+/m1/s1. The summed E-state index contributed by atoms with van der Waals surface area (Å²) in [5.74, 6) is 0.150. The van der Waals surface area contributed by atoms with Gasteiger partial charge in [-0.05, 0) is 18.1 Å². The van der Waals surface area contributed by atoms with Gasteiger partial charge in [-0.15, -0.1) is 0 Å². The topological polar surface area (TPSA) is 51.0 Å². The first-order valence-electron chi connectivity index (χ1n) is 5.86. The summed E-state index contributed by atoms with van der Waals surface area (Å²) in [6.45, 7) is 1.90. The van der Waals surface area contributed by atoms with Crippen molar-refractivity contribution in [2.24, 2.45) is 11.1 Å². The summed E-state index contributed by atoms with van der Waals surface area (Å²) < 4.78 is 6.06. The maximum atomic E-state index is 9.77. The normalized spacial score (nSPS) is 40.8. The van der Waals surface area contributed by atoms with Crippen LogP contribution < -0.4 is 0 Å². The van der Waals surface area contributed by atoms with E-state index in [1.165, 1.54) is 5.56 Å². The second kappa shape index (κ2) is 2.89. The molecule has 0 radical (unpaired) electrons. The average Bonchev–Trinajstić information content (AvgIpc) is 2.99. The van der Waals surface area contributed by atoms with Crippen molar-refractivity contribution in [2.75, 3.05) is 6.61 Å². The third kappa shape index (κ3) is 0.907. The number of benzene rings is 1. The first-order valence-corrected chi connectivity index (χ1v) is 5.86. The Morgan fingerprint density at radius 3 is 3.06 bits per heavy atom. The lowest BCUT2D eigenvalue weighted by Crippen LogP contribution is -2.43. The van der Waals surface area contributed by atoms with Crippen molar-refractivity contribution in [1.29, 1.82) is 0 Å². The first kappa shape index (κ1) is 9.62. The molecule has 2 bridgehead atoms. The number of aliphatic hydroxyl groups is 1. The van der Waals surface area contributed by atoms with Crippen LogP contribution in [-0.4, -0.2) is 23.5 Å². The van der Waals surface area contributed by atoms with E-state index in [1.807, 2.05) is 25.1 Å². The highest BCUT2D eigenvalue weighted by atomic mass is 16.7. The maximum Gasteiger partial charge on any atom is 0.173 e. The zero-order chi connectivity index (χ0) is 11.6. The number of hydrogen-bond acceptors (Lipinski definition) is 4. The van der Waals surface area contributed by atoms with E-state index < -0.39 is 5.60 Å². The molecular weight excluding hydrogens is 218 g/mol.